The third kappa shape index (κ3) is 5.76. The summed E-state index contributed by atoms with van der Waals surface area (Å²) in [5.41, 5.74) is 1.45. The number of ether oxygens (including phenoxy) is 1. The van der Waals surface area contributed by atoms with Gasteiger partial charge in [0.15, 0.2) is 5.75 Å². The van der Waals surface area contributed by atoms with Gasteiger partial charge in [-0.3, -0.25) is 9.69 Å². The molecule has 166 valence electrons. The van der Waals surface area contributed by atoms with Crippen LogP contribution in [0.4, 0.5) is 5.69 Å². The number of halogens is 3. The van der Waals surface area contributed by atoms with Crippen LogP contribution in [0.3, 0.4) is 0 Å². The van der Waals surface area contributed by atoms with E-state index in [0.717, 1.165) is 24.9 Å². The zero-order valence-corrected chi connectivity index (χ0v) is 19.6. The third-order valence-electron chi connectivity index (χ3n) is 5.49. The van der Waals surface area contributed by atoms with Gasteiger partial charge in [0.25, 0.3) is 0 Å². The average Bonchev–Trinajstić information content (AvgIpc) is 2.79. The van der Waals surface area contributed by atoms with E-state index in [4.69, 9.17) is 39.5 Å². The number of para-hydroxylation sites is 1. The third-order valence-corrected chi connectivity index (χ3v) is 6.43. The van der Waals surface area contributed by atoms with Crippen molar-refractivity contribution in [3.63, 3.8) is 0 Å². The highest BCUT2D eigenvalue weighted by atomic mass is 35.5. The van der Waals surface area contributed by atoms with Crippen LogP contribution in [0.2, 0.25) is 15.1 Å². The number of anilines is 1. The van der Waals surface area contributed by atoms with E-state index in [-0.39, 0.29) is 11.8 Å². The maximum Gasteiger partial charge on any atom is 0.228 e. The minimum Gasteiger partial charge on any atom is -0.455 e. The molecule has 3 aromatic carbocycles. The fourth-order valence-electron chi connectivity index (χ4n) is 3.86. The van der Waals surface area contributed by atoms with Crippen LogP contribution in [0.15, 0.2) is 66.7 Å². The van der Waals surface area contributed by atoms with Gasteiger partial charge in [0.1, 0.15) is 5.75 Å². The van der Waals surface area contributed by atoms with Crippen LogP contribution in [-0.2, 0) is 11.3 Å². The number of nitrogens with zero attached hydrogens (tertiary/aromatic N) is 1. The van der Waals surface area contributed by atoms with Crippen LogP contribution < -0.4 is 10.1 Å². The van der Waals surface area contributed by atoms with E-state index in [2.05, 4.69) is 10.2 Å². The van der Waals surface area contributed by atoms with Crippen molar-refractivity contribution < 1.29 is 9.53 Å². The number of carbonyl (C=O) groups excluding carboxylic acids is 1. The van der Waals surface area contributed by atoms with E-state index in [1.807, 2.05) is 48.5 Å². The van der Waals surface area contributed by atoms with E-state index in [0.29, 0.717) is 45.3 Å². The van der Waals surface area contributed by atoms with Gasteiger partial charge in [-0.25, -0.2) is 0 Å². The van der Waals surface area contributed by atoms with Gasteiger partial charge >= 0.3 is 0 Å². The Bertz CT molecular complexity index is 1070. The van der Waals surface area contributed by atoms with E-state index in [9.17, 15) is 4.79 Å². The summed E-state index contributed by atoms with van der Waals surface area (Å²) in [6, 6.07) is 20.1. The van der Waals surface area contributed by atoms with Gasteiger partial charge in [-0.05, 0) is 61.9 Å². The van der Waals surface area contributed by atoms with Crippen LogP contribution >= 0.6 is 34.8 Å². The van der Waals surface area contributed by atoms with Crippen LogP contribution in [0.25, 0.3) is 0 Å². The molecule has 7 heteroatoms. The van der Waals surface area contributed by atoms with Crippen molar-refractivity contribution in [3.05, 3.63) is 87.4 Å². The molecule has 0 spiro atoms. The van der Waals surface area contributed by atoms with Gasteiger partial charge in [-0.1, -0.05) is 59.1 Å². The molecule has 3 aromatic rings. The summed E-state index contributed by atoms with van der Waals surface area (Å²) in [5, 5.41) is 4.84. The zero-order chi connectivity index (χ0) is 22.5. The van der Waals surface area contributed by atoms with Gasteiger partial charge in [0.05, 0.1) is 11.6 Å². The lowest BCUT2D eigenvalue weighted by molar-refractivity contribution is -0.121. The van der Waals surface area contributed by atoms with Gasteiger partial charge < -0.3 is 10.1 Å². The molecule has 0 radical (unpaired) electrons. The molecule has 1 N–H and O–H groups in total. The Labute approximate surface area is 203 Å². The molecule has 1 atom stereocenters. The summed E-state index contributed by atoms with van der Waals surface area (Å²) in [6.07, 6.45) is 1.73. The number of nitrogens with one attached hydrogen (secondary N) is 1. The average molecular weight is 490 g/mol. The fourth-order valence-corrected chi connectivity index (χ4v) is 4.55. The second-order valence-electron chi connectivity index (χ2n) is 7.82. The summed E-state index contributed by atoms with van der Waals surface area (Å²) >= 11 is 18.9. The lowest BCUT2D eigenvalue weighted by atomic mass is 9.96. The Morgan fingerprint density at radius 3 is 2.50 bits per heavy atom. The van der Waals surface area contributed by atoms with Crippen molar-refractivity contribution in [2.24, 2.45) is 5.92 Å². The van der Waals surface area contributed by atoms with E-state index >= 15 is 0 Å². The standard InChI is InChI=1S/C25H23Cl3N2O2/c26-18-11-12-24(32-19-7-2-1-3-8-19)23(14-18)29-25(31)17-6-5-13-30(15-17)16-20-21(27)9-4-10-22(20)28/h1-4,7-12,14,17H,5-6,13,15-16H2,(H,29,31). The Morgan fingerprint density at radius 2 is 1.75 bits per heavy atom. The second kappa shape index (κ2) is 10.6. The predicted octanol–water partition coefficient (Wildman–Crippen LogP) is 7.29. The van der Waals surface area contributed by atoms with Crippen LogP contribution in [0, 0.1) is 5.92 Å². The quantitative estimate of drug-likeness (QED) is 0.395. The molecule has 0 aromatic heterocycles. The number of carbonyl (C=O) groups is 1. The molecular formula is C25H23Cl3N2O2. The molecule has 4 nitrogen and oxygen atoms in total. The summed E-state index contributed by atoms with van der Waals surface area (Å²) < 4.78 is 5.97. The number of likely N-dealkylation sites (tertiary alicyclic amines) is 1. The molecule has 1 unspecified atom stereocenters. The molecule has 0 bridgehead atoms. The van der Waals surface area contributed by atoms with Gasteiger partial charge in [0.2, 0.25) is 5.91 Å². The highest BCUT2D eigenvalue weighted by Gasteiger charge is 2.27. The normalized spacial score (nSPS) is 16.5. The number of benzene rings is 3. The molecule has 1 heterocycles. The lowest BCUT2D eigenvalue weighted by Gasteiger charge is -2.32. The topological polar surface area (TPSA) is 41.6 Å². The summed E-state index contributed by atoms with van der Waals surface area (Å²) in [7, 11) is 0. The first-order valence-corrected chi connectivity index (χ1v) is 11.6. The molecule has 1 fully saturated rings. The van der Waals surface area contributed by atoms with E-state index in [1.54, 1.807) is 18.2 Å². The van der Waals surface area contributed by atoms with Crippen LogP contribution in [0.5, 0.6) is 11.5 Å². The Morgan fingerprint density at radius 1 is 1.00 bits per heavy atom. The molecule has 0 aliphatic carbocycles. The predicted molar refractivity (Wildman–Crippen MR) is 131 cm³/mol. The largest absolute Gasteiger partial charge is 0.455 e. The van der Waals surface area contributed by atoms with E-state index in [1.165, 1.54) is 0 Å². The van der Waals surface area contributed by atoms with Crippen molar-refractivity contribution in [3.8, 4) is 11.5 Å². The van der Waals surface area contributed by atoms with Crippen molar-refractivity contribution in [1.29, 1.82) is 0 Å². The Hall–Kier alpha value is -2.24. The van der Waals surface area contributed by atoms with Crippen molar-refractivity contribution >= 4 is 46.4 Å². The smallest absolute Gasteiger partial charge is 0.228 e. The minimum atomic E-state index is -0.159. The number of hydrogen-bond acceptors (Lipinski definition) is 3. The maximum atomic E-state index is 13.1. The van der Waals surface area contributed by atoms with Crippen molar-refractivity contribution in [2.45, 2.75) is 19.4 Å². The Kier molecular flexibility index (Phi) is 7.59. The lowest BCUT2D eigenvalue weighted by Crippen LogP contribution is -2.40. The zero-order valence-electron chi connectivity index (χ0n) is 17.4. The molecule has 32 heavy (non-hydrogen) atoms. The molecule has 1 amide bonds. The Balaban J connectivity index is 1.45. The van der Waals surface area contributed by atoms with Crippen molar-refractivity contribution in [1.82, 2.24) is 4.90 Å². The monoisotopic (exact) mass is 488 g/mol. The summed E-state index contributed by atoms with van der Waals surface area (Å²) in [4.78, 5) is 15.3. The number of rotatable bonds is 6. The molecule has 1 aliphatic rings. The van der Waals surface area contributed by atoms with Gasteiger partial charge in [-0.2, -0.15) is 0 Å². The van der Waals surface area contributed by atoms with Crippen molar-refractivity contribution in [2.75, 3.05) is 18.4 Å². The minimum absolute atomic E-state index is 0.0554. The number of piperidine rings is 1. The molecule has 1 aliphatic heterocycles. The molecule has 4 rings (SSSR count). The van der Waals surface area contributed by atoms with Crippen LogP contribution in [-0.4, -0.2) is 23.9 Å². The first kappa shape index (κ1) is 22.9. The molecule has 1 saturated heterocycles. The maximum absolute atomic E-state index is 13.1. The van der Waals surface area contributed by atoms with Gasteiger partial charge in [-0.15, -0.1) is 0 Å². The highest BCUT2D eigenvalue weighted by Crippen LogP contribution is 2.33. The first-order chi connectivity index (χ1) is 15.5. The molecular weight excluding hydrogens is 467 g/mol. The second-order valence-corrected chi connectivity index (χ2v) is 9.07. The highest BCUT2D eigenvalue weighted by molar-refractivity contribution is 6.36. The summed E-state index contributed by atoms with van der Waals surface area (Å²) in [5.74, 6) is 1.02. The number of hydrogen-bond donors (Lipinski definition) is 1. The SMILES string of the molecule is O=C(Nc1cc(Cl)ccc1Oc1ccccc1)C1CCCN(Cc2c(Cl)cccc2Cl)C1. The fraction of sp³-hybridized carbons (Fsp3) is 0.240. The number of amides is 1. The molecule has 0 saturated carbocycles. The summed E-state index contributed by atoms with van der Waals surface area (Å²) in [6.45, 7) is 2.13. The van der Waals surface area contributed by atoms with E-state index < -0.39 is 0 Å². The van der Waals surface area contributed by atoms with Crippen LogP contribution in [0.1, 0.15) is 18.4 Å². The first-order valence-electron chi connectivity index (χ1n) is 10.5. The van der Waals surface area contributed by atoms with Gasteiger partial charge in [0, 0.05) is 33.7 Å².